The Bertz CT molecular complexity index is 333. The highest BCUT2D eigenvalue weighted by molar-refractivity contribution is 5.32. The van der Waals surface area contributed by atoms with Crippen LogP contribution in [0.1, 0.15) is 26.2 Å². The Kier molecular flexibility index (Phi) is 4.14. The normalized spacial score (nSPS) is 17.2. The summed E-state index contributed by atoms with van der Waals surface area (Å²) in [6.45, 7) is 4.67. The Labute approximate surface area is 102 Å². The quantitative estimate of drug-likeness (QED) is 0.850. The van der Waals surface area contributed by atoms with Gasteiger partial charge in [-0.15, -0.1) is 0 Å². The van der Waals surface area contributed by atoms with Crippen LogP contribution in [0.4, 0.5) is 5.95 Å². The number of rotatable bonds is 4. The maximum absolute atomic E-state index is 5.87. The predicted octanol–water partition coefficient (Wildman–Crippen LogP) is 1.19. The molecule has 0 radical (unpaired) electrons. The smallest absolute Gasteiger partial charge is 0.225 e. The standard InChI is InChI=1S/C12H20N4O/c1-2-7-17-11-8-14-12(15-9-11)16-5-3-10(13)4-6-16/h8-10H,2-7,13H2,1H3. The van der Waals surface area contributed by atoms with E-state index in [1.54, 1.807) is 12.4 Å². The molecule has 0 unspecified atom stereocenters. The van der Waals surface area contributed by atoms with E-state index in [9.17, 15) is 0 Å². The Hall–Kier alpha value is -1.36. The van der Waals surface area contributed by atoms with Gasteiger partial charge in [-0.3, -0.25) is 0 Å². The molecule has 2 N–H and O–H groups in total. The first-order valence-electron chi connectivity index (χ1n) is 6.25. The molecule has 0 spiro atoms. The molecule has 1 saturated heterocycles. The molecule has 17 heavy (non-hydrogen) atoms. The molecule has 0 aromatic carbocycles. The van der Waals surface area contributed by atoms with Gasteiger partial charge in [0.05, 0.1) is 19.0 Å². The second kappa shape index (κ2) is 5.82. The van der Waals surface area contributed by atoms with Crippen molar-refractivity contribution in [3.05, 3.63) is 12.4 Å². The fourth-order valence-corrected chi connectivity index (χ4v) is 1.87. The van der Waals surface area contributed by atoms with Crippen LogP contribution in [0.3, 0.4) is 0 Å². The summed E-state index contributed by atoms with van der Waals surface area (Å²) in [6.07, 6.45) is 6.50. The number of piperidine rings is 1. The molecular formula is C12H20N4O. The number of anilines is 1. The topological polar surface area (TPSA) is 64.3 Å². The van der Waals surface area contributed by atoms with Gasteiger partial charge in [0.2, 0.25) is 5.95 Å². The third-order valence-electron chi connectivity index (χ3n) is 2.91. The molecule has 5 nitrogen and oxygen atoms in total. The number of hydrogen-bond donors (Lipinski definition) is 1. The minimum absolute atomic E-state index is 0.332. The van der Waals surface area contributed by atoms with Gasteiger partial charge >= 0.3 is 0 Å². The van der Waals surface area contributed by atoms with Crippen molar-refractivity contribution < 1.29 is 4.74 Å². The summed E-state index contributed by atoms with van der Waals surface area (Å²) in [6, 6.07) is 0.332. The number of aromatic nitrogens is 2. The van der Waals surface area contributed by atoms with Crippen molar-refractivity contribution in [1.82, 2.24) is 9.97 Å². The summed E-state index contributed by atoms with van der Waals surface area (Å²) < 4.78 is 5.45. The van der Waals surface area contributed by atoms with Gasteiger partial charge < -0.3 is 15.4 Å². The first-order valence-corrected chi connectivity index (χ1v) is 6.25. The fourth-order valence-electron chi connectivity index (χ4n) is 1.87. The number of nitrogens with zero attached hydrogens (tertiary/aromatic N) is 3. The molecule has 0 amide bonds. The predicted molar refractivity (Wildman–Crippen MR) is 67.2 cm³/mol. The van der Waals surface area contributed by atoms with E-state index in [-0.39, 0.29) is 0 Å². The highest BCUT2D eigenvalue weighted by Gasteiger charge is 2.17. The molecule has 1 fully saturated rings. The van der Waals surface area contributed by atoms with Gasteiger partial charge in [0.15, 0.2) is 5.75 Å². The third kappa shape index (κ3) is 3.30. The zero-order valence-electron chi connectivity index (χ0n) is 10.3. The van der Waals surface area contributed by atoms with Crippen molar-refractivity contribution in [3.8, 4) is 5.75 Å². The summed E-state index contributed by atoms with van der Waals surface area (Å²) in [5.41, 5.74) is 5.87. The Balaban J connectivity index is 1.93. The van der Waals surface area contributed by atoms with Crippen LogP contribution in [0.2, 0.25) is 0 Å². The summed E-state index contributed by atoms with van der Waals surface area (Å²) in [7, 11) is 0. The zero-order valence-corrected chi connectivity index (χ0v) is 10.3. The third-order valence-corrected chi connectivity index (χ3v) is 2.91. The molecule has 1 aliphatic heterocycles. The summed E-state index contributed by atoms with van der Waals surface area (Å²) >= 11 is 0. The molecule has 1 aromatic heterocycles. The van der Waals surface area contributed by atoms with Crippen LogP contribution in [0.5, 0.6) is 5.75 Å². The van der Waals surface area contributed by atoms with Crippen molar-refractivity contribution in [2.24, 2.45) is 5.73 Å². The van der Waals surface area contributed by atoms with E-state index in [4.69, 9.17) is 10.5 Å². The van der Waals surface area contributed by atoms with Crippen molar-refractivity contribution in [2.45, 2.75) is 32.2 Å². The van der Waals surface area contributed by atoms with Gasteiger partial charge in [0, 0.05) is 19.1 Å². The largest absolute Gasteiger partial charge is 0.490 e. The van der Waals surface area contributed by atoms with Crippen molar-refractivity contribution >= 4 is 5.95 Å². The highest BCUT2D eigenvalue weighted by Crippen LogP contribution is 2.16. The minimum Gasteiger partial charge on any atom is -0.490 e. The Morgan fingerprint density at radius 1 is 1.35 bits per heavy atom. The molecule has 0 saturated carbocycles. The molecule has 0 aliphatic carbocycles. The maximum atomic E-state index is 5.87. The monoisotopic (exact) mass is 236 g/mol. The van der Waals surface area contributed by atoms with E-state index in [2.05, 4.69) is 21.8 Å². The van der Waals surface area contributed by atoms with E-state index < -0.39 is 0 Å². The van der Waals surface area contributed by atoms with Gasteiger partial charge in [0.25, 0.3) is 0 Å². The number of ether oxygens (including phenoxy) is 1. The highest BCUT2D eigenvalue weighted by atomic mass is 16.5. The Morgan fingerprint density at radius 3 is 2.59 bits per heavy atom. The lowest BCUT2D eigenvalue weighted by Gasteiger charge is -2.29. The van der Waals surface area contributed by atoms with Crippen LogP contribution in [0.25, 0.3) is 0 Å². The molecule has 94 valence electrons. The SMILES string of the molecule is CCCOc1cnc(N2CCC(N)CC2)nc1. The first-order chi connectivity index (χ1) is 8.29. The van der Waals surface area contributed by atoms with E-state index in [0.29, 0.717) is 12.6 Å². The first kappa shape index (κ1) is 12.1. The van der Waals surface area contributed by atoms with Gasteiger partial charge in [-0.2, -0.15) is 0 Å². The van der Waals surface area contributed by atoms with Gasteiger partial charge in [-0.1, -0.05) is 6.92 Å². The molecule has 2 rings (SSSR count). The van der Waals surface area contributed by atoms with Crippen LogP contribution >= 0.6 is 0 Å². The summed E-state index contributed by atoms with van der Waals surface area (Å²) in [5.74, 6) is 1.52. The van der Waals surface area contributed by atoms with Crippen LogP contribution in [-0.2, 0) is 0 Å². The van der Waals surface area contributed by atoms with Gasteiger partial charge in [-0.25, -0.2) is 9.97 Å². The maximum Gasteiger partial charge on any atom is 0.225 e. The fraction of sp³-hybridized carbons (Fsp3) is 0.667. The summed E-state index contributed by atoms with van der Waals surface area (Å²) in [4.78, 5) is 10.8. The van der Waals surface area contributed by atoms with Crippen LogP contribution in [-0.4, -0.2) is 35.7 Å². The zero-order chi connectivity index (χ0) is 12.1. The molecule has 0 atom stereocenters. The van der Waals surface area contributed by atoms with Gasteiger partial charge in [-0.05, 0) is 19.3 Å². The van der Waals surface area contributed by atoms with E-state index >= 15 is 0 Å². The summed E-state index contributed by atoms with van der Waals surface area (Å²) in [5, 5.41) is 0. The number of nitrogens with two attached hydrogens (primary N) is 1. The van der Waals surface area contributed by atoms with Crippen molar-refractivity contribution in [3.63, 3.8) is 0 Å². The lowest BCUT2D eigenvalue weighted by Crippen LogP contribution is -2.40. The van der Waals surface area contributed by atoms with Crippen LogP contribution < -0.4 is 15.4 Å². The molecule has 1 aliphatic rings. The van der Waals surface area contributed by atoms with Gasteiger partial charge in [0.1, 0.15) is 0 Å². The van der Waals surface area contributed by atoms with E-state index in [0.717, 1.165) is 44.0 Å². The second-order valence-electron chi connectivity index (χ2n) is 4.39. The molecular weight excluding hydrogens is 216 g/mol. The average Bonchev–Trinajstić information content (AvgIpc) is 2.38. The molecule has 0 bridgehead atoms. The van der Waals surface area contributed by atoms with E-state index in [1.807, 2.05) is 0 Å². The molecule has 5 heteroatoms. The second-order valence-corrected chi connectivity index (χ2v) is 4.39. The minimum atomic E-state index is 0.332. The van der Waals surface area contributed by atoms with Crippen LogP contribution in [0.15, 0.2) is 12.4 Å². The number of hydrogen-bond acceptors (Lipinski definition) is 5. The lowest BCUT2D eigenvalue weighted by atomic mass is 10.1. The lowest BCUT2D eigenvalue weighted by molar-refractivity contribution is 0.314. The molecule has 1 aromatic rings. The van der Waals surface area contributed by atoms with Crippen molar-refractivity contribution in [2.75, 3.05) is 24.6 Å². The van der Waals surface area contributed by atoms with E-state index in [1.165, 1.54) is 0 Å². The Morgan fingerprint density at radius 2 is 2.00 bits per heavy atom. The van der Waals surface area contributed by atoms with Crippen molar-refractivity contribution in [1.29, 1.82) is 0 Å². The average molecular weight is 236 g/mol. The van der Waals surface area contributed by atoms with Crippen LogP contribution in [0, 0.1) is 0 Å². The molecule has 2 heterocycles.